The molecule has 0 radical (unpaired) electrons. The van der Waals surface area contributed by atoms with E-state index in [4.69, 9.17) is 4.74 Å². The van der Waals surface area contributed by atoms with Crippen molar-refractivity contribution < 1.29 is 14.3 Å². The summed E-state index contributed by atoms with van der Waals surface area (Å²) in [5.41, 5.74) is 1.05. The van der Waals surface area contributed by atoms with E-state index in [9.17, 15) is 9.59 Å². The monoisotopic (exact) mass is 192 g/mol. The summed E-state index contributed by atoms with van der Waals surface area (Å²) in [6, 6.07) is 4.82. The molecule has 1 aromatic rings. The first-order valence-corrected chi connectivity index (χ1v) is 4.26. The number of hydrogen-bond donors (Lipinski definition) is 0. The van der Waals surface area contributed by atoms with Gasteiger partial charge in [-0.1, -0.05) is 6.07 Å². The van der Waals surface area contributed by atoms with Crippen LogP contribution in [0.4, 0.5) is 0 Å². The molecule has 0 aliphatic rings. The average molecular weight is 192 g/mol. The zero-order chi connectivity index (χ0) is 10.7. The number of benzene rings is 1. The Labute approximate surface area is 82.7 Å². The van der Waals surface area contributed by atoms with Crippen LogP contribution in [-0.4, -0.2) is 18.7 Å². The molecule has 0 heterocycles. The molecule has 0 bridgehead atoms. The highest BCUT2D eigenvalue weighted by Crippen LogP contribution is 2.20. The number of ether oxygens (including phenoxy) is 1. The highest BCUT2D eigenvalue weighted by Gasteiger charge is 2.09. The van der Waals surface area contributed by atoms with E-state index in [0.29, 0.717) is 16.9 Å². The topological polar surface area (TPSA) is 43.4 Å². The molecule has 3 nitrogen and oxygen atoms in total. The van der Waals surface area contributed by atoms with Gasteiger partial charge < -0.3 is 4.74 Å². The zero-order valence-corrected chi connectivity index (χ0v) is 8.46. The lowest BCUT2D eigenvalue weighted by molar-refractivity contribution is 0.0998. The van der Waals surface area contributed by atoms with Crippen LogP contribution >= 0.6 is 0 Å². The summed E-state index contributed by atoms with van der Waals surface area (Å²) in [6.45, 7) is 2.94. The molecule has 0 saturated heterocycles. The Morgan fingerprint density at radius 2 is 1.79 bits per heavy atom. The summed E-state index contributed by atoms with van der Waals surface area (Å²) < 4.78 is 5.02. The molecule has 1 rings (SSSR count). The first kappa shape index (κ1) is 10.4. The SMILES string of the molecule is COc1cc(C(C)=O)ccc1C(C)=O. The first-order valence-electron chi connectivity index (χ1n) is 4.26. The van der Waals surface area contributed by atoms with Gasteiger partial charge in [0.05, 0.1) is 12.7 Å². The highest BCUT2D eigenvalue weighted by molar-refractivity contribution is 6.00. The standard InChI is InChI=1S/C11H12O3/c1-7(12)9-4-5-10(8(2)13)11(6-9)14-3/h4-6H,1-3H3. The Balaban J connectivity index is 3.25. The Hall–Kier alpha value is -1.64. The molecule has 3 heteroatoms. The maximum Gasteiger partial charge on any atom is 0.163 e. The van der Waals surface area contributed by atoms with Gasteiger partial charge >= 0.3 is 0 Å². The van der Waals surface area contributed by atoms with Crippen molar-refractivity contribution in [2.24, 2.45) is 0 Å². The van der Waals surface area contributed by atoms with E-state index >= 15 is 0 Å². The molecule has 0 fully saturated rings. The molecule has 0 aliphatic heterocycles. The smallest absolute Gasteiger partial charge is 0.163 e. The number of hydrogen-bond acceptors (Lipinski definition) is 3. The lowest BCUT2D eigenvalue weighted by Gasteiger charge is -2.06. The second-order valence-corrected chi connectivity index (χ2v) is 3.03. The summed E-state index contributed by atoms with van der Waals surface area (Å²) in [6.07, 6.45) is 0. The summed E-state index contributed by atoms with van der Waals surface area (Å²) in [7, 11) is 1.48. The van der Waals surface area contributed by atoms with Crippen LogP contribution in [0.25, 0.3) is 0 Å². The fraction of sp³-hybridized carbons (Fsp3) is 0.273. The van der Waals surface area contributed by atoms with Crippen LogP contribution in [0.15, 0.2) is 18.2 Å². The van der Waals surface area contributed by atoms with Gasteiger partial charge in [-0.05, 0) is 26.0 Å². The maximum atomic E-state index is 11.1. The molecule has 0 unspecified atom stereocenters. The van der Waals surface area contributed by atoms with Crippen LogP contribution in [0, 0.1) is 0 Å². The van der Waals surface area contributed by atoms with Crippen LogP contribution in [0.2, 0.25) is 0 Å². The Morgan fingerprint density at radius 1 is 1.14 bits per heavy atom. The lowest BCUT2D eigenvalue weighted by Crippen LogP contribution is -2.00. The van der Waals surface area contributed by atoms with E-state index in [1.54, 1.807) is 18.2 Å². The van der Waals surface area contributed by atoms with Crippen molar-refractivity contribution in [3.05, 3.63) is 29.3 Å². The molecule has 0 aliphatic carbocycles. The quantitative estimate of drug-likeness (QED) is 0.689. The minimum atomic E-state index is -0.0723. The van der Waals surface area contributed by atoms with Crippen molar-refractivity contribution in [3.63, 3.8) is 0 Å². The van der Waals surface area contributed by atoms with E-state index in [1.165, 1.54) is 21.0 Å². The van der Waals surface area contributed by atoms with Gasteiger partial charge in [0, 0.05) is 5.56 Å². The van der Waals surface area contributed by atoms with Crippen molar-refractivity contribution in [2.45, 2.75) is 13.8 Å². The van der Waals surface area contributed by atoms with E-state index in [0.717, 1.165) is 0 Å². The van der Waals surface area contributed by atoms with Gasteiger partial charge in [0.25, 0.3) is 0 Å². The lowest BCUT2D eigenvalue weighted by atomic mass is 10.1. The average Bonchev–Trinajstić information content (AvgIpc) is 2.16. The minimum absolute atomic E-state index is 0.0431. The normalized spacial score (nSPS) is 9.64. The third-order valence-corrected chi connectivity index (χ3v) is 1.99. The molecule has 0 aromatic heterocycles. The van der Waals surface area contributed by atoms with Crippen molar-refractivity contribution in [1.29, 1.82) is 0 Å². The fourth-order valence-corrected chi connectivity index (χ4v) is 1.20. The molecule has 1 aromatic carbocycles. The van der Waals surface area contributed by atoms with Crippen LogP contribution in [-0.2, 0) is 0 Å². The van der Waals surface area contributed by atoms with E-state index in [2.05, 4.69) is 0 Å². The number of carbonyl (C=O) groups excluding carboxylic acids is 2. The molecule has 0 N–H and O–H groups in total. The molecule has 0 spiro atoms. The molecule has 74 valence electrons. The molecule has 0 atom stereocenters. The summed E-state index contributed by atoms with van der Waals surface area (Å²) in [5, 5.41) is 0. The van der Waals surface area contributed by atoms with Crippen molar-refractivity contribution >= 4 is 11.6 Å². The van der Waals surface area contributed by atoms with E-state index < -0.39 is 0 Å². The molecular formula is C11H12O3. The third kappa shape index (κ3) is 1.99. The molecule has 0 amide bonds. The summed E-state index contributed by atoms with van der Waals surface area (Å²) in [4.78, 5) is 22.2. The van der Waals surface area contributed by atoms with Gasteiger partial charge in [0.2, 0.25) is 0 Å². The van der Waals surface area contributed by atoms with Crippen molar-refractivity contribution in [2.75, 3.05) is 7.11 Å². The van der Waals surface area contributed by atoms with Gasteiger partial charge in [0.1, 0.15) is 5.75 Å². The molecule has 0 saturated carbocycles. The molecule has 14 heavy (non-hydrogen) atoms. The highest BCUT2D eigenvalue weighted by atomic mass is 16.5. The van der Waals surface area contributed by atoms with Gasteiger partial charge in [-0.15, -0.1) is 0 Å². The van der Waals surface area contributed by atoms with Gasteiger partial charge in [-0.3, -0.25) is 9.59 Å². The Kier molecular flexibility index (Phi) is 3.02. The Bertz CT molecular complexity index is 380. The second kappa shape index (κ2) is 4.05. The number of carbonyl (C=O) groups is 2. The van der Waals surface area contributed by atoms with E-state index in [-0.39, 0.29) is 11.6 Å². The van der Waals surface area contributed by atoms with Gasteiger partial charge in [-0.2, -0.15) is 0 Å². The largest absolute Gasteiger partial charge is 0.496 e. The predicted octanol–water partition coefficient (Wildman–Crippen LogP) is 2.10. The van der Waals surface area contributed by atoms with Crippen LogP contribution in [0.3, 0.4) is 0 Å². The third-order valence-electron chi connectivity index (χ3n) is 1.99. The summed E-state index contributed by atoms with van der Waals surface area (Å²) in [5.74, 6) is 0.334. The van der Waals surface area contributed by atoms with Crippen LogP contribution in [0.1, 0.15) is 34.6 Å². The number of ketones is 2. The van der Waals surface area contributed by atoms with Crippen LogP contribution in [0.5, 0.6) is 5.75 Å². The van der Waals surface area contributed by atoms with Crippen LogP contribution < -0.4 is 4.74 Å². The number of rotatable bonds is 3. The molecular weight excluding hydrogens is 180 g/mol. The van der Waals surface area contributed by atoms with Gasteiger partial charge in [-0.25, -0.2) is 0 Å². The first-order chi connectivity index (χ1) is 6.56. The van der Waals surface area contributed by atoms with Gasteiger partial charge in [0.15, 0.2) is 11.6 Å². The predicted molar refractivity (Wildman–Crippen MR) is 53.0 cm³/mol. The maximum absolute atomic E-state index is 11.1. The zero-order valence-electron chi connectivity index (χ0n) is 8.46. The minimum Gasteiger partial charge on any atom is -0.496 e. The van der Waals surface area contributed by atoms with Crippen molar-refractivity contribution in [3.8, 4) is 5.75 Å². The number of Topliss-reactive ketones (excluding diaryl/α,β-unsaturated/α-hetero) is 2. The van der Waals surface area contributed by atoms with Crippen molar-refractivity contribution in [1.82, 2.24) is 0 Å². The fourth-order valence-electron chi connectivity index (χ4n) is 1.20. The Morgan fingerprint density at radius 3 is 2.21 bits per heavy atom. The number of methoxy groups -OCH3 is 1. The summed E-state index contributed by atoms with van der Waals surface area (Å²) >= 11 is 0. The van der Waals surface area contributed by atoms with E-state index in [1.807, 2.05) is 0 Å². The second-order valence-electron chi connectivity index (χ2n) is 3.03.